The van der Waals surface area contributed by atoms with Gasteiger partial charge in [0, 0.05) is 0 Å². The zero-order chi connectivity index (χ0) is 8.22. The Labute approximate surface area is 70.4 Å². The molecule has 0 N–H and O–H groups in total. The molecular weight excluding hydrogens is 132 g/mol. The fourth-order valence-corrected chi connectivity index (χ4v) is 3.41. The Morgan fingerprint density at radius 3 is 2.09 bits per heavy atom. The lowest BCUT2D eigenvalue weighted by molar-refractivity contribution is -0.124. The largest absolute Gasteiger partial charge is 0.0622 e. The predicted octanol–water partition coefficient (Wildman–Crippen LogP) is 3.32. The molecule has 2 bridgehead atoms. The van der Waals surface area contributed by atoms with Crippen LogP contribution in [0.2, 0.25) is 0 Å². The van der Waals surface area contributed by atoms with Gasteiger partial charge >= 0.3 is 0 Å². The van der Waals surface area contributed by atoms with E-state index in [0.29, 0.717) is 5.41 Å². The highest BCUT2D eigenvalue weighted by atomic mass is 14.6. The van der Waals surface area contributed by atoms with Gasteiger partial charge in [0.15, 0.2) is 0 Å². The standard InChI is InChI=1S/C11H20/c1-7-5-9-6-10(8(7)2)11(9,3)4/h7-10H,5-6H2,1-4H3/t7?,8-,9?,10-/m1/s1. The van der Waals surface area contributed by atoms with Gasteiger partial charge in [-0.05, 0) is 41.9 Å². The Bertz CT molecular complexity index is 169. The molecule has 0 heteroatoms. The van der Waals surface area contributed by atoms with Gasteiger partial charge in [0.2, 0.25) is 0 Å². The van der Waals surface area contributed by atoms with Crippen LogP contribution in [0.1, 0.15) is 40.5 Å². The Kier molecular flexibility index (Phi) is 1.41. The van der Waals surface area contributed by atoms with Gasteiger partial charge in [0.1, 0.15) is 0 Å². The molecule has 0 aromatic carbocycles. The van der Waals surface area contributed by atoms with Crippen LogP contribution in [0.3, 0.4) is 0 Å². The monoisotopic (exact) mass is 152 g/mol. The van der Waals surface area contributed by atoms with Gasteiger partial charge in [-0.1, -0.05) is 27.7 Å². The quantitative estimate of drug-likeness (QED) is 0.499. The fraction of sp³-hybridized carbons (Fsp3) is 1.00. The molecule has 3 rings (SSSR count). The lowest BCUT2D eigenvalue weighted by Crippen LogP contribution is -2.54. The zero-order valence-electron chi connectivity index (χ0n) is 8.22. The SMILES string of the molecule is CC1CC2C[C@H]([C@@H]1C)C2(C)C. The average molecular weight is 152 g/mol. The van der Waals surface area contributed by atoms with Crippen molar-refractivity contribution in [3.8, 4) is 0 Å². The summed E-state index contributed by atoms with van der Waals surface area (Å²) in [5, 5.41) is 0. The van der Waals surface area contributed by atoms with Crippen molar-refractivity contribution in [3.63, 3.8) is 0 Å². The van der Waals surface area contributed by atoms with Crippen LogP contribution in [0.15, 0.2) is 0 Å². The first-order chi connectivity index (χ1) is 5.03. The molecule has 64 valence electrons. The maximum Gasteiger partial charge on any atom is -0.0295 e. The molecule has 0 radical (unpaired) electrons. The van der Waals surface area contributed by atoms with Crippen LogP contribution in [0.25, 0.3) is 0 Å². The van der Waals surface area contributed by atoms with Crippen molar-refractivity contribution in [1.29, 1.82) is 0 Å². The van der Waals surface area contributed by atoms with Crippen LogP contribution in [-0.2, 0) is 0 Å². The van der Waals surface area contributed by atoms with Crippen molar-refractivity contribution in [1.82, 2.24) is 0 Å². The van der Waals surface area contributed by atoms with Gasteiger partial charge < -0.3 is 0 Å². The third-order valence-corrected chi connectivity index (χ3v) is 4.73. The van der Waals surface area contributed by atoms with Gasteiger partial charge in [-0.3, -0.25) is 0 Å². The second-order valence-corrected chi connectivity index (χ2v) is 5.43. The van der Waals surface area contributed by atoms with Crippen LogP contribution < -0.4 is 0 Å². The minimum Gasteiger partial charge on any atom is -0.0622 e. The van der Waals surface area contributed by atoms with Crippen LogP contribution in [-0.4, -0.2) is 0 Å². The van der Waals surface area contributed by atoms with Crippen molar-refractivity contribution in [2.24, 2.45) is 29.1 Å². The maximum atomic E-state index is 2.47. The molecule has 0 spiro atoms. The van der Waals surface area contributed by atoms with E-state index in [2.05, 4.69) is 27.7 Å². The summed E-state index contributed by atoms with van der Waals surface area (Å²) < 4.78 is 0. The molecular formula is C11H20. The van der Waals surface area contributed by atoms with E-state index in [1.807, 2.05) is 0 Å². The molecule has 2 unspecified atom stereocenters. The summed E-state index contributed by atoms with van der Waals surface area (Å²) in [6, 6.07) is 0. The molecule has 0 heterocycles. The molecule has 0 aliphatic heterocycles. The van der Waals surface area contributed by atoms with Crippen LogP contribution >= 0.6 is 0 Å². The Morgan fingerprint density at radius 2 is 1.73 bits per heavy atom. The number of rotatable bonds is 0. The summed E-state index contributed by atoms with van der Waals surface area (Å²) in [5.41, 5.74) is 0.686. The van der Waals surface area contributed by atoms with Crippen molar-refractivity contribution in [2.75, 3.05) is 0 Å². The van der Waals surface area contributed by atoms with E-state index in [0.717, 1.165) is 23.7 Å². The third kappa shape index (κ3) is 0.816. The smallest absolute Gasteiger partial charge is 0.0295 e. The summed E-state index contributed by atoms with van der Waals surface area (Å²) >= 11 is 0. The molecule has 0 aromatic heterocycles. The lowest BCUT2D eigenvalue weighted by atomic mass is 9.44. The fourth-order valence-electron chi connectivity index (χ4n) is 3.41. The average Bonchev–Trinajstić information content (AvgIpc) is 1.93. The van der Waals surface area contributed by atoms with Gasteiger partial charge in [-0.2, -0.15) is 0 Å². The highest BCUT2D eigenvalue weighted by Gasteiger charge is 2.54. The van der Waals surface area contributed by atoms with E-state index in [4.69, 9.17) is 0 Å². The van der Waals surface area contributed by atoms with Gasteiger partial charge in [-0.15, -0.1) is 0 Å². The summed E-state index contributed by atoms with van der Waals surface area (Å²) in [7, 11) is 0. The first kappa shape index (κ1) is 7.64. The van der Waals surface area contributed by atoms with Crippen molar-refractivity contribution in [3.05, 3.63) is 0 Å². The summed E-state index contributed by atoms with van der Waals surface area (Å²) in [6.45, 7) is 9.81. The number of hydrogen-bond donors (Lipinski definition) is 0. The Morgan fingerprint density at radius 1 is 1.09 bits per heavy atom. The van der Waals surface area contributed by atoms with E-state index >= 15 is 0 Å². The lowest BCUT2D eigenvalue weighted by Gasteiger charge is -2.61. The normalized spacial score (nSPS) is 53.5. The molecule has 0 saturated heterocycles. The van der Waals surface area contributed by atoms with E-state index < -0.39 is 0 Å². The zero-order valence-corrected chi connectivity index (χ0v) is 8.22. The van der Waals surface area contributed by atoms with Gasteiger partial charge in [-0.25, -0.2) is 0 Å². The molecule has 3 saturated carbocycles. The van der Waals surface area contributed by atoms with Crippen molar-refractivity contribution in [2.45, 2.75) is 40.5 Å². The van der Waals surface area contributed by atoms with E-state index in [-0.39, 0.29) is 0 Å². The van der Waals surface area contributed by atoms with Crippen LogP contribution in [0.5, 0.6) is 0 Å². The van der Waals surface area contributed by atoms with E-state index in [1.165, 1.54) is 12.8 Å². The van der Waals surface area contributed by atoms with E-state index in [9.17, 15) is 0 Å². The second-order valence-electron chi connectivity index (χ2n) is 5.43. The third-order valence-electron chi connectivity index (χ3n) is 4.73. The summed E-state index contributed by atoms with van der Waals surface area (Å²) in [4.78, 5) is 0. The molecule has 3 aliphatic rings. The molecule has 4 atom stereocenters. The highest BCUT2D eigenvalue weighted by molar-refractivity contribution is 5.03. The number of fused-ring (bicyclic) bond motifs is 2. The predicted molar refractivity (Wildman–Crippen MR) is 48.3 cm³/mol. The number of hydrogen-bond acceptors (Lipinski definition) is 0. The Hall–Kier alpha value is 0. The van der Waals surface area contributed by atoms with Gasteiger partial charge in [0.05, 0.1) is 0 Å². The minimum absolute atomic E-state index is 0.686. The van der Waals surface area contributed by atoms with Crippen molar-refractivity contribution >= 4 is 0 Å². The topological polar surface area (TPSA) is 0 Å². The minimum atomic E-state index is 0.686. The molecule has 0 nitrogen and oxygen atoms in total. The molecule has 3 fully saturated rings. The van der Waals surface area contributed by atoms with Crippen LogP contribution in [0, 0.1) is 29.1 Å². The van der Waals surface area contributed by atoms with E-state index in [1.54, 1.807) is 0 Å². The van der Waals surface area contributed by atoms with Gasteiger partial charge in [0.25, 0.3) is 0 Å². The second kappa shape index (κ2) is 2.02. The highest BCUT2D eigenvalue weighted by Crippen LogP contribution is 2.62. The van der Waals surface area contributed by atoms with Crippen molar-refractivity contribution < 1.29 is 0 Å². The Balaban J connectivity index is 2.17. The molecule has 3 aliphatic carbocycles. The first-order valence-electron chi connectivity index (χ1n) is 5.03. The maximum absolute atomic E-state index is 2.47. The summed E-state index contributed by atoms with van der Waals surface area (Å²) in [6.07, 6.45) is 3.02. The molecule has 11 heavy (non-hydrogen) atoms. The summed E-state index contributed by atoms with van der Waals surface area (Å²) in [5.74, 6) is 4.07. The molecule has 0 amide bonds. The first-order valence-corrected chi connectivity index (χ1v) is 5.03. The molecule has 0 aromatic rings. The van der Waals surface area contributed by atoms with Crippen LogP contribution in [0.4, 0.5) is 0 Å².